The van der Waals surface area contributed by atoms with Crippen molar-refractivity contribution in [2.24, 2.45) is 0 Å². The van der Waals surface area contributed by atoms with Gasteiger partial charge < -0.3 is 14.7 Å². The van der Waals surface area contributed by atoms with E-state index in [1.807, 2.05) is 44.1 Å². The Labute approximate surface area is 161 Å². The van der Waals surface area contributed by atoms with Crippen LogP contribution >= 0.6 is 0 Å². The first-order chi connectivity index (χ1) is 12.9. The van der Waals surface area contributed by atoms with Crippen molar-refractivity contribution in [2.45, 2.75) is 26.8 Å². The summed E-state index contributed by atoms with van der Waals surface area (Å²) in [6.45, 7) is 5.49. The average molecular weight is 365 g/mol. The number of fused-ring (bicyclic) bond motifs is 1. The highest BCUT2D eigenvalue weighted by Crippen LogP contribution is 2.29. The Bertz CT molecular complexity index is 843. The molecule has 5 nitrogen and oxygen atoms in total. The molecule has 0 saturated carbocycles. The number of benzene rings is 2. The van der Waals surface area contributed by atoms with Gasteiger partial charge in [0.05, 0.1) is 0 Å². The van der Waals surface area contributed by atoms with E-state index in [1.165, 1.54) is 0 Å². The second kappa shape index (κ2) is 7.82. The maximum atomic E-state index is 13.0. The summed E-state index contributed by atoms with van der Waals surface area (Å²) in [5, 5.41) is 0. The fourth-order valence-corrected chi connectivity index (χ4v) is 3.49. The number of rotatable bonds is 5. The summed E-state index contributed by atoms with van der Waals surface area (Å²) in [7, 11) is 4.02. The van der Waals surface area contributed by atoms with E-state index in [2.05, 4.69) is 29.2 Å². The van der Waals surface area contributed by atoms with Crippen molar-refractivity contribution < 1.29 is 9.59 Å². The van der Waals surface area contributed by atoms with E-state index in [0.717, 1.165) is 28.9 Å². The number of carbonyl (C=O) groups excluding carboxylic acids is 2. The Balaban J connectivity index is 1.76. The third-order valence-electron chi connectivity index (χ3n) is 5.10. The minimum Gasteiger partial charge on any atom is -0.378 e. The molecule has 1 aliphatic heterocycles. The molecule has 0 aromatic heterocycles. The molecule has 0 atom stereocenters. The van der Waals surface area contributed by atoms with E-state index in [0.29, 0.717) is 25.2 Å². The molecule has 3 rings (SSSR count). The topological polar surface area (TPSA) is 43.9 Å². The largest absolute Gasteiger partial charge is 0.378 e. The number of nitrogens with zero attached hydrogens (tertiary/aromatic N) is 3. The second-order valence-corrected chi connectivity index (χ2v) is 7.14. The van der Waals surface area contributed by atoms with E-state index < -0.39 is 0 Å². The van der Waals surface area contributed by atoms with Gasteiger partial charge in [0.1, 0.15) is 0 Å². The number of hydrogen-bond acceptors (Lipinski definition) is 3. The standard InChI is InChI=1S/C22H27N3O2/c1-5-24(15-17-6-9-20(10-7-17)23(3)4)22(27)19-8-11-21-18(14-19)12-13-25(21)16(2)26/h6-11,14H,5,12-13,15H2,1-4H3. The van der Waals surface area contributed by atoms with Crippen LogP contribution in [0.4, 0.5) is 11.4 Å². The van der Waals surface area contributed by atoms with Crippen molar-refractivity contribution in [3.8, 4) is 0 Å². The van der Waals surface area contributed by atoms with Crippen molar-refractivity contribution >= 4 is 23.2 Å². The predicted molar refractivity (Wildman–Crippen MR) is 109 cm³/mol. The Morgan fingerprint density at radius 3 is 2.37 bits per heavy atom. The quantitative estimate of drug-likeness (QED) is 0.816. The van der Waals surface area contributed by atoms with Crippen LogP contribution in [0.5, 0.6) is 0 Å². The van der Waals surface area contributed by atoms with Crippen LogP contribution in [0.1, 0.15) is 35.3 Å². The van der Waals surface area contributed by atoms with Gasteiger partial charge >= 0.3 is 0 Å². The minimum atomic E-state index is 0.0262. The van der Waals surface area contributed by atoms with Crippen molar-refractivity contribution in [1.82, 2.24) is 4.90 Å². The van der Waals surface area contributed by atoms with Gasteiger partial charge in [-0.2, -0.15) is 0 Å². The monoisotopic (exact) mass is 365 g/mol. The van der Waals surface area contributed by atoms with Crippen molar-refractivity contribution in [3.63, 3.8) is 0 Å². The highest BCUT2D eigenvalue weighted by atomic mass is 16.2. The lowest BCUT2D eigenvalue weighted by molar-refractivity contribution is -0.116. The SMILES string of the molecule is CCN(Cc1ccc(N(C)C)cc1)C(=O)c1ccc2c(c1)CCN2C(C)=O. The van der Waals surface area contributed by atoms with Gasteiger partial charge in [0.25, 0.3) is 5.91 Å². The van der Waals surface area contributed by atoms with E-state index in [-0.39, 0.29) is 11.8 Å². The summed E-state index contributed by atoms with van der Waals surface area (Å²) < 4.78 is 0. The van der Waals surface area contributed by atoms with E-state index >= 15 is 0 Å². The Kier molecular flexibility index (Phi) is 5.49. The molecule has 2 amide bonds. The van der Waals surface area contributed by atoms with E-state index in [9.17, 15) is 9.59 Å². The fraction of sp³-hybridized carbons (Fsp3) is 0.364. The molecule has 1 heterocycles. The number of carbonyl (C=O) groups is 2. The molecule has 5 heteroatoms. The van der Waals surface area contributed by atoms with Crippen LogP contribution in [-0.4, -0.2) is 43.9 Å². The molecular formula is C22H27N3O2. The summed E-state index contributed by atoms with van der Waals surface area (Å²) in [4.78, 5) is 30.4. The molecule has 0 fully saturated rings. The van der Waals surface area contributed by atoms with Gasteiger partial charge in [0.15, 0.2) is 0 Å². The Morgan fingerprint density at radius 1 is 1.07 bits per heavy atom. The molecule has 0 radical (unpaired) electrons. The van der Waals surface area contributed by atoms with Crippen molar-refractivity contribution in [1.29, 1.82) is 0 Å². The Hall–Kier alpha value is -2.82. The molecule has 0 spiro atoms. The lowest BCUT2D eigenvalue weighted by Crippen LogP contribution is -2.30. The smallest absolute Gasteiger partial charge is 0.254 e. The first-order valence-electron chi connectivity index (χ1n) is 9.37. The molecule has 0 aliphatic carbocycles. The molecule has 0 bridgehead atoms. The molecule has 142 valence electrons. The predicted octanol–water partition coefficient (Wildman–Crippen LogP) is 3.32. The van der Waals surface area contributed by atoms with Gasteiger partial charge in [0.2, 0.25) is 5.91 Å². The molecule has 2 aromatic carbocycles. The maximum Gasteiger partial charge on any atom is 0.254 e. The molecule has 1 aliphatic rings. The van der Waals surface area contributed by atoms with Crippen molar-refractivity contribution in [3.05, 3.63) is 59.2 Å². The fourth-order valence-electron chi connectivity index (χ4n) is 3.49. The number of anilines is 2. The molecule has 27 heavy (non-hydrogen) atoms. The second-order valence-electron chi connectivity index (χ2n) is 7.14. The van der Waals surface area contributed by atoms with Gasteiger partial charge in [-0.3, -0.25) is 9.59 Å². The first-order valence-corrected chi connectivity index (χ1v) is 9.37. The highest BCUT2D eigenvalue weighted by molar-refractivity contribution is 5.97. The highest BCUT2D eigenvalue weighted by Gasteiger charge is 2.24. The summed E-state index contributed by atoms with van der Waals surface area (Å²) >= 11 is 0. The van der Waals surface area contributed by atoms with Crippen LogP contribution in [0.3, 0.4) is 0 Å². The van der Waals surface area contributed by atoms with Gasteiger partial charge in [0, 0.05) is 57.6 Å². The van der Waals surface area contributed by atoms with Gasteiger partial charge in [-0.15, -0.1) is 0 Å². The summed E-state index contributed by atoms with van der Waals surface area (Å²) in [6, 6.07) is 13.9. The molecule has 0 unspecified atom stereocenters. The maximum absolute atomic E-state index is 13.0. The van der Waals surface area contributed by atoms with Crippen LogP contribution < -0.4 is 9.80 Å². The summed E-state index contributed by atoms with van der Waals surface area (Å²) in [5.41, 5.74) is 4.94. The van der Waals surface area contributed by atoms with Crippen LogP contribution in [-0.2, 0) is 17.8 Å². The third kappa shape index (κ3) is 3.97. The number of amides is 2. The van der Waals surface area contributed by atoms with Crippen molar-refractivity contribution in [2.75, 3.05) is 37.0 Å². The first kappa shape index (κ1) is 19.0. The van der Waals surface area contributed by atoms with Crippen LogP contribution in [0.2, 0.25) is 0 Å². The zero-order valence-electron chi connectivity index (χ0n) is 16.5. The molecule has 2 aromatic rings. The molecule has 0 N–H and O–H groups in total. The lowest BCUT2D eigenvalue weighted by Gasteiger charge is -2.22. The van der Waals surface area contributed by atoms with Gasteiger partial charge in [-0.1, -0.05) is 12.1 Å². The lowest BCUT2D eigenvalue weighted by atomic mass is 10.1. The summed E-state index contributed by atoms with van der Waals surface area (Å²) in [6.07, 6.45) is 0.800. The van der Waals surface area contributed by atoms with Crippen LogP contribution in [0.15, 0.2) is 42.5 Å². The van der Waals surface area contributed by atoms with Crippen LogP contribution in [0.25, 0.3) is 0 Å². The zero-order chi connectivity index (χ0) is 19.6. The average Bonchev–Trinajstić information content (AvgIpc) is 3.09. The van der Waals surface area contributed by atoms with Gasteiger partial charge in [-0.05, 0) is 54.8 Å². The van der Waals surface area contributed by atoms with E-state index in [1.54, 1.807) is 11.8 Å². The van der Waals surface area contributed by atoms with Crippen LogP contribution in [0, 0.1) is 0 Å². The molecular weight excluding hydrogens is 338 g/mol. The number of hydrogen-bond donors (Lipinski definition) is 0. The summed E-state index contributed by atoms with van der Waals surface area (Å²) in [5.74, 6) is 0.0717. The third-order valence-corrected chi connectivity index (χ3v) is 5.10. The Morgan fingerprint density at radius 2 is 1.78 bits per heavy atom. The molecule has 0 saturated heterocycles. The zero-order valence-corrected chi connectivity index (χ0v) is 16.5. The normalized spacial score (nSPS) is 12.7. The minimum absolute atomic E-state index is 0.0262. The van der Waals surface area contributed by atoms with Gasteiger partial charge in [-0.25, -0.2) is 0 Å². The van der Waals surface area contributed by atoms with E-state index in [4.69, 9.17) is 0 Å².